The molecule has 2 heterocycles. The number of aromatic nitrogens is 2. The standard InChI is InChI=1S/C21H30N4O/c1-4-18-10-7-8-14-25(18)21-23-16(2)15-20(24-21)22-13-12-17-9-5-6-11-19(17)26-3/h5-6,9,11,15,18H,4,7-8,10,12-14H2,1-3H3,(H,22,23,24). The van der Waals surface area contributed by atoms with Crippen molar-refractivity contribution in [3.63, 3.8) is 0 Å². The van der Waals surface area contributed by atoms with Crippen molar-refractivity contribution in [1.29, 1.82) is 0 Å². The van der Waals surface area contributed by atoms with Crippen LogP contribution in [-0.4, -0.2) is 36.2 Å². The molecule has 1 aromatic heterocycles. The van der Waals surface area contributed by atoms with Crippen molar-refractivity contribution < 1.29 is 4.74 Å². The van der Waals surface area contributed by atoms with Crippen LogP contribution < -0.4 is 15.0 Å². The van der Waals surface area contributed by atoms with Gasteiger partial charge in [-0.2, -0.15) is 4.98 Å². The van der Waals surface area contributed by atoms with E-state index in [1.54, 1.807) is 7.11 Å². The number of aryl methyl sites for hydroxylation is 1. The number of benzene rings is 1. The SMILES string of the molecule is CCC1CCCCN1c1nc(C)cc(NCCc2ccccc2OC)n1. The molecule has 1 unspecified atom stereocenters. The lowest BCUT2D eigenvalue weighted by molar-refractivity contribution is 0.410. The van der Waals surface area contributed by atoms with Crippen molar-refractivity contribution in [3.8, 4) is 5.75 Å². The average molecular weight is 354 g/mol. The molecule has 1 N–H and O–H groups in total. The molecular formula is C21H30N4O. The van der Waals surface area contributed by atoms with Gasteiger partial charge in [-0.3, -0.25) is 0 Å². The van der Waals surface area contributed by atoms with Gasteiger partial charge in [0, 0.05) is 30.9 Å². The summed E-state index contributed by atoms with van der Waals surface area (Å²) in [7, 11) is 1.72. The summed E-state index contributed by atoms with van der Waals surface area (Å²) in [4.78, 5) is 11.9. The summed E-state index contributed by atoms with van der Waals surface area (Å²) >= 11 is 0. The van der Waals surface area contributed by atoms with Crippen LogP contribution in [-0.2, 0) is 6.42 Å². The number of methoxy groups -OCH3 is 1. The number of anilines is 2. The number of nitrogens with zero attached hydrogens (tertiary/aromatic N) is 3. The van der Waals surface area contributed by atoms with Crippen molar-refractivity contribution in [1.82, 2.24) is 9.97 Å². The summed E-state index contributed by atoms with van der Waals surface area (Å²) in [6.07, 6.45) is 5.82. The number of rotatable bonds is 7. The molecule has 0 bridgehead atoms. The first-order valence-electron chi connectivity index (χ1n) is 9.69. The molecule has 5 heteroatoms. The number of para-hydroxylation sites is 1. The van der Waals surface area contributed by atoms with E-state index in [-0.39, 0.29) is 0 Å². The Balaban J connectivity index is 1.67. The Morgan fingerprint density at radius 2 is 2.08 bits per heavy atom. The third-order valence-electron chi connectivity index (χ3n) is 5.09. The van der Waals surface area contributed by atoms with Gasteiger partial charge in [0.1, 0.15) is 11.6 Å². The molecule has 2 aromatic rings. The van der Waals surface area contributed by atoms with Crippen LogP contribution in [0.3, 0.4) is 0 Å². The third kappa shape index (κ3) is 4.45. The fraction of sp³-hybridized carbons (Fsp3) is 0.524. The quantitative estimate of drug-likeness (QED) is 0.807. The molecule has 26 heavy (non-hydrogen) atoms. The van der Waals surface area contributed by atoms with E-state index in [1.165, 1.54) is 24.8 Å². The number of hydrogen-bond donors (Lipinski definition) is 1. The molecule has 1 aliphatic heterocycles. The van der Waals surface area contributed by atoms with Crippen LogP contribution in [0.4, 0.5) is 11.8 Å². The molecule has 140 valence electrons. The van der Waals surface area contributed by atoms with Gasteiger partial charge >= 0.3 is 0 Å². The van der Waals surface area contributed by atoms with Crippen LogP contribution in [0.15, 0.2) is 30.3 Å². The van der Waals surface area contributed by atoms with Gasteiger partial charge in [0.2, 0.25) is 5.95 Å². The maximum atomic E-state index is 5.43. The second-order valence-corrected chi connectivity index (χ2v) is 6.93. The molecule has 1 saturated heterocycles. The lowest BCUT2D eigenvalue weighted by Crippen LogP contribution is -2.40. The van der Waals surface area contributed by atoms with E-state index in [9.17, 15) is 0 Å². The van der Waals surface area contributed by atoms with Crippen molar-refractivity contribution >= 4 is 11.8 Å². The van der Waals surface area contributed by atoms with Crippen LogP contribution in [0.5, 0.6) is 5.75 Å². The van der Waals surface area contributed by atoms with Crippen LogP contribution in [0.1, 0.15) is 43.9 Å². The zero-order valence-electron chi connectivity index (χ0n) is 16.2. The molecule has 1 aliphatic rings. The van der Waals surface area contributed by atoms with E-state index in [1.807, 2.05) is 31.2 Å². The number of piperidine rings is 1. The van der Waals surface area contributed by atoms with Crippen LogP contribution in [0.2, 0.25) is 0 Å². The number of ether oxygens (including phenoxy) is 1. The van der Waals surface area contributed by atoms with Gasteiger partial charge in [-0.15, -0.1) is 0 Å². The highest BCUT2D eigenvalue weighted by molar-refractivity contribution is 5.45. The summed E-state index contributed by atoms with van der Waals surface area (Å²) in [5.74, 6) is 2.71. The Labute approximate surface area is 156 Å². The van der Waals surface area contributed by atoms with Gasteiger partial charge in [-0.25, -0.2) is 4.98 Å². The van der Waals surface area contributed by atoms with Gasteiger partial charge < -0.3 is 15.0 Å². The van der Waals surface area contributed by atoms with Crippen molar-refractivity contribution in [3.05, 3.63) is 41.6 Å². The minimum Gasteiger partial charge on any atom is -0.496 e. The molecule has 1 fully saturated rings. The second kappa shape index (κ2) is 8.88. The van der Waals surface area contributed by atoms with Gasteiger partial charge in [0.25, 0.3) is 0 Å². The zero-order chi connectivity index (χ0) is 18.4. The maximum Gasteiger partial charge on any atom is 0.227 e. The molecule has 0 saturated carbocycles. The molecule has 1 atom stereocenters. The largest absolute Gasteiger partial charge is 0.496 e. The van der Waals surface area contributed by atoms with Crippen LogP contribution in [0.25, 0.3) is 0 Å². The molecular weight excluding hydrogens is 324 g/mol. The van der Waals surface area contributed by atoms with E-state index < -0.39 is 0 Å². The Kier molecular flexibility index (Phi) is 6.31. The van der Waals surface area contributed by atoms with Crippen LogP contribution in [0, 0.1) is 6.92 Å². The number of hydrogen-bond acceptors (Lipinski definition) is 5. The fourth-order valence-electron chi connectivity index (χ4n) is 3.69. The van der Waals surface area contributed by atoms with Gasteiger partial charge in [0.15, 0.2) is 0 Å². The van der Waals surface area contributed by atoms with Crippen molar-refractivity contribution in [2.45, 2.75) is 52.0 Å². The van der Waals surface area contributed by atoms with E-state index >= 15 is 0 Å². The first-order valence-corrected chi connectivity index (χ1v) is 9.69. The summed E-state index contributed by atoms with van der Waals surface area (Å²) in [6.45, 7) is 6.17. The van der Waals surface area contributed by atoms with E-state index in [0.29, 0.717) is 6.04 Å². The summed E-state index contributed by atoms with van der Waals surface area (Å²) in [6, 6.07) is 10.7. The first kappa shape index (κ1) is 18.5. The zero-order valence-corrected chi connectivity index (χ0v) is 16.2. The normalized spacial score (nSPS) is 17.2. The molecule has 5 nitrogen and oxygen atoms in total. The maximum absolute atomic E-state index is 5.43. The highest BCUT2D eigenvalue weighted by Gasteiger charge is 2.23. The van der Waals surface area contributed by atoms with Gasteiger partial charge in [0.05, 0.1) is 7.11 Å². The van der Waals surface area contributed by atoms with E-state index in [2.05, 4.69) is 23.2 Å². The molecule has 3 rings (SSSR count). The van der Waals surface area contributed by atoms with Crippen LogP contribution >= 0.6 is 0 Å². The minimum atomic E-state index is 0.562. The Morgan fingerprint density at radius 3 is 2.88 bits per heavy atom. The summed E-state index contributed by atoms with van der Waals surface area (Å²) in [5, 5.41) is 3.46. The Hall–Kier alpha value is -2.30. The number of nitrogens with one attached hydrogen (secondary N) is 1. The summed E-state index contributed by atoms with van der Waals surface area (Å²) in [5.41, 5.74) is 2.21. The first-order chi connectivity index (χ1) is 12.7. The lowest BCUT2D eigenvalue weighted by atomic mass is 10.0. The highest BCUT2D eigenvalue weighted by atomic mass is 16.5. The topological polar surface area (TPSA) is 50.3 Å². The third-order valence-corrected chi connectivity index (χ3v) is 5.09. The molecule has 0 radical (unpaired) electrons. The minimum absolute atomic E-state index is 0.562. The van der Waals surface area contributed by atoms with E-state index in [4.69, 9.17) is 14.7 Å². The fourth-order valence-corrected chi connectivity index (χ4v) is 3.69. The van der Waals surface area contributed by atoms with Crippen molar-refractivity contribution in [2.75, 3.05) is 30.4 Å². The Morgan fingerprint density at radius 1 is 1.23 bits per heavy atom. The second-order valence-electron chi connectivity index (χ2n) is 6.93. The van der Waals surface area contributed by atoms with Gasteiger partial charge in [-0.05, 0) is 50.7 Å². The van der Waals surface area contributed by atoms with E-state index in [0.717, 1.165) is 49.1 Å². The smallest absolute Gasteiger partial charge is 0.227 e. The lowest BCUT2D eigenvalue weighted by Gasteiger charge is -2.35. The molecule has 0 aliphatic carbocycles. The predicted molar refractivity (Wildman–Crippen MR) is 107 cm³/mol. The van der Waals surface area contributed by atoms with Crippen molar-refractivity contribution in [2.24, 2.45) is 0 Å². The molecule has 1 aromatic carbocycles. The average Bonchev–Trinajstić information content (AvgIpc) is 2.68. The predicted octanol–water partition coefficient (Wildman–Crippen LogP) is 4.22. The molecule has 0 spiro atoms. The highest BCUT2D eigenvalue weighted by Crippen LogP contribution is 2.25. The summed E-state index contributed by atoms with van der Waals surface area (Å²) < 4.78 is 5.43. The molecule has 0 amide bonds. The van der Waals surface area contributed by atoms with Gasteiger partial charge in [-0.1, -0.05) is 25.1 Å². The Bertz CT molecular complexity index is 719. The monoisotopic (exact) mass is 354 g/mol.